The molecule has 16 nitrogen and oxygen atoms in total. The number of nitrogen functional groups attached to an aromatic ring is 2. The van der Waals surface area contributed by atoms with Gasteiger partial charge in [-0.15, -0.1) is 0 Å². The van der Waals surface area contributed by atoms with E-state index in [1.54, 1.807) is 0 Å². The van der Waals surface area contributed by atoms with E-state index in [9.17, 15) is 79.2 Å². The molecule has 6 rings (SSSR count). The number of nitrogens with two attached hydrogens (primary N) is 2. The number of halogens is 16. The first-order valence-electron chi connectivity index (χ1n) is 19.3. The van der Waals surface area contributed by atoms with Gasteiger partial charge in [-0.3, -0.25) is 19.7 Å². The molecule has 9 N–H and O–H groups in total. The molecule has 0 aliphatic carbocycles. The van der Waals surface area contributed by atoms with Crippen LogP contribution in [0.5, 0.6) is 0 Å². The van der Waals surface area contributed by atoms with E-state index >= 15 is 0 Å². The topological polar surface area (TPSA) is 282 Å². The summed E-state index contributed by atoms with van der Waals surface area (Å²) in [6.07, 6.45) is -14.4. The highest BCUT2D eigenvalue weighted by Crippen LogP contribution is 2.39. The number of carbonyl (C=O) groups excluding carboxylic acids is 1. The summed E-state index contributed by atoms with van der Waals surface area (Å²) in [5, 5.41) is 16.3. The van der Waals surface area contributed by atoms with Crippen molar-refractivity contribution in [3.8, 4) is 0 Å². The molecule has 1 amide bonds. The number of nitrogens with one attached hydrogen (secondary N) is 3. The Morgan fingerprint density at radius 3 is 1.05 bits per heavy atom. The van der Waals surface area contributed by atoms with Crippen LogP contribution in [0.15, 0.2) is 124 Å². The normalized spacial score (nSPS) is 11.2. The first kappa shape index (κ1) is 77.4. The number of carboxylic acids is 2. The third-order valence-corrected chi connectivity index (χ3v) is 14.7. The van der Waals surface area contributed by atoms with Crippen LogP contribution in [-0.2, 0) is 47.6 Å². The molecule has 0 fully saturated rings. The molecule has 35 heteroatoms. The number of rotatable bonds is 10. The highest BCUT2D eigenvalue weighted by Gasteiger charge is 2.37. The fraction of sp³-hybridized carbons (Fsp3) is 0.152. The van der Waals surface area contributed by atoms with Gasteiger partial charge in [-0.2, -0.15) is 39.5 Å². The lowest BCUT2D eigenvalue weighted by Crippen LogP contribution is -2.31. The Kier molecular flexibility index (Phi) is 29.2. The van der Waals surface area contributed by atoms with Gasteiger partial charge in [0.2, 0.25) is 0 Å². The van der Waals surface area contributed by atoms with Crippen LogP contribution in [-0.4, -0.2) is 53.3 Å². The number of carboxylic acid groups (broad SMARTS) is 2. The smallest absolute Gasteiger partial charge is 0.417 e. The third-order valence-electron chi connectivity index (χ3n) is 8.93. The van der Waals surface area contributed by atoms with Gasteiger partial charge in [0, 0.05) is 31.4 Å². The van der Waals surface area contributed by atoms with Crippen molar-refractivity contribution in [3.05, 3.63) is 173 Å². The minimum absolute atomic E-state index is 0. The van der Waals surface area contributed by atoms with Gasteiger partial charge in [-0.05, 0) is 109 Å². The number of amides is 1. The minimum atomic E-state index is -4.86. The van der Waals surface area contributed by atoms with Gasteiger partial charge in [-0.1, -0.05) is 99.3 Å². The number of hydrogen-bond donors (Lipinski definition) is 7. The fourth-order valence-corrected chi connectivity index (χ4v) is 9.62. The van der Waals surface area contributed by atoms with Gasteiger partial charge in [-0.25, -0.2) is 40.7 Å². The first-order chi connectivity index (χ1) is 35.1. The van der Waals surface area contributed by atoms with Gasteiger partial charge in [0.1, 0.15) is 0 Å². The van der Waals surface area contributed by atoms with Gasteiger partial charge >= 0.3 is 30.5 Å². The van der Waals surface area contributed by atoms with Crippen molar-refractivity contribution in [2.24, 2.45) is 5.84 Å². The minimum Gasteiger partial charge on any atom is -0.478 e. The maximum atomic E-state index is 12.9. The van der Waals surface area contributed by atoms with E-state index in [4.69, 9.17) is 102 Å². The molecule has 0 bridgehead atoms. The standard InChI is InChI=1S/C14H10Cl2F3N3O3S.C14H8Cl2F3NO4S.C7H3Cl2F3O2S.C7H6ClNO2.4CH4/c15-7-1-3-9(13(23)21-20)12(5-7)22-26(24,25)8-2-4-11(16)10(6-8)14(17,18)19;15-7-1-3-9(13(21)22)12(5-7)20-25(23,24)8-2-4-11(16)10(6-8)14(17,18)19;8-6-2-1-4(15(9,13)14)3-5(6)7(10,11)12;8-4-1-2-5(7(10)11)6(9)3-4;;;;/h1-6,22H,20H2,(H,21,23);1-6,20H,(H,21,22);1-3H;1-3H,9H2,(H,10,11);4*1H4. The number of alkyl halides is 9. The number of aromatic carboxylic acids is 2. The van der Waals surface area contributed by atoms with Crippen molar-refractivity contribution >= 4 is 144 Å². The number of hydrazine groups is 1. The quantitative estimate of drug-likeness (QED) is 0.0168. The second-order valence-electron chi connectivity index (χ2n) is 14.3. The van der Waals surface area contributed by atoms with Crippen LogP contribution in [0.3, 0.4) is 0 Å². The maximum Gasteiger partial charge on any atom is 0.417 e. The second kappa shape index (κ2) is 30.6. The average Bonchev–Trinajstić information content (AvgIpc) is 3.27. The van der Waals surface area contributed by atoms with Gasteiger partial charge in [0.05, 0.1) is 74.5 Å². The first-order valence-corrected chi connectivity index (χ1v) is 26.9. The predicted octanol–water partition coefficient (Wildman–Crippen LogP) is 15.4. The van der Waals surface area contributed by atoms with Crippen LogP contribution in [0.2, 0.25) is 30.1 Å². The Hall–Kier alpha value is -5.66. The van der Waals surface area contributed by atoms with Crippen LogP contribution in [0.25, 0.3) is 0 Å². The lowest BCUT2D eigenvalue weighted by atomic mass is 10.2. The molecule has 0 heterocycles. The van der Waals surface area contributed by atoms with E-state index in [2.05, 4.69) is 0 Å². The molecule has 0 saturated heterocycles. The molecular formula is C46H43Cl7F9N5O11S3. The van der Waals surface area contributed by atoms with Crippen molar-refractivity contribution in [1.82, 2.24) is 5.43 Å². The molecule has 0 spiro atoms. The molecule has 448 valence electrons. The molecule has 6 aromatic carbocycles. The molecule has 0 atom stereocenters. The largest absolute Gasteiger partial charge is 0.478 e. The number of hydrogen-bond acceptors (Lipinski definition) is 11. The SMILES string of the molecule is C.C.C.C.NNC(=O)c1ccc(Cl)cc1NS(=O)(=O)c1ccc(Cl)c(C(F)(F)F)c1.Nc1cc(Cl)ccc1C(=O)O.O=C(O)c1ccc(Cl)cc1NS(=O)(=O)c1ccc(Cl)c(C(F)(F)F)c1.O=S(=O)(Cl)c1ccc(Cl)c(C(F)(F)F)c1. The number of carbonyl (C=O) groups is 3. The van der Waals surface area contributed by atoms with Crippen molar-refractivity contribution in [3.63, 3.8) is 0 Å². The summed E-state index contributed by atoms with van der Waals surface area (Å²) in [6, 6.07) is 17.5. The number of anilines is 3. The van der Waals surface area contributed by atoms with Crippen LogP contribution < -0.4 is 26.4 Å². The number of sulfonamides is 2. The van der Waals surface area contributed by atoms with E-state index in [1.165, 1.54) is 36.4 Å². The zero-order chi connectivity index (χ0) is 59.0. The second-order valence-corrected chi connectivity index (χ2v) is 22.7. The van der Waals surface area contributed by atoms with Gasteiger partial charge in [0.15, 0.2) is 0 Å². The molecule has 0 saturated carbocycles. The van der Waals surface area contributed by atoms with Crippen molar-refractivity contribution in [2.45, 2.75) is 62.9 Å². The Labute approximate surface area is 492 Å². The summed E-state index contributed by atoms with van der Waals surface area (Å²) in [5.74, 6) is 1.71. The average molecular weight is 1360 g/mol. The molecule has 0 aromatic heterocycles. The Morgan fingerprint density at radius 1 is 0.444 bits per heavy atom. The van der Waals surface area contributed by atoms with Gasteiger partial charge < -0.3 is 15.9 Å². The summed E-state index contributed by atoms with van der Waals surface area (Å²) in [4.78, 5) is 31.2. The molecule has 0 aliphatic rings. The Balaban J connectivity index is 0. The van der Waals surface area contributed by atoms with E-state index in [0.717, 1.165) is 54.6 Å². The molecule has 6 aromatic rings. The van der Waals surface area contributed by atoms with Crippen molar-refractivity contribution in [2.75, 3.05) is 15.2 Å². The molecule has 81 heavy (non-hydrogen) atoms. The Bertz CT molecular complexity index is 3590. The summed E-state index contributed by atoms with van der Waals surface area (Å²) < 4.78 is 189. The van der Waals surface area contributed by atoms with Crippen LogP contribution in [0, 0.1) is 0 Å². The lowest BCUT2D eigenvalue weighted by molar-refractivity contribution is -0.138. The van der Waals surface area contributed by atoms with Gasteiger partial charge in [0.25, 0.3) is 35.0 Å². The summed E-state index contributed by atoms with van der Waals surface area (Å²) in [7, 11) is -8.29. The molecule has 0 radical (unpaired) electrons. The zero-order valence-electron chi connectivity index (χ0n) is 36.9. The lowest BCUT2D eigenvalue weighted by Gasteiger charge is -2.14. The maximum absolute atomic E-state index is 12.9. The fourth-order valence-electron chi connectivity index (χ4n) is 5.45. The highest BCUT2D eigenvalue weighted by atomic mass is 35.7. The van der Waals surface area contributed by atoms with Crippen LogP contribution >= 0.6 is 80.3 Å². The Morgan fingerprint density at radius 2 is 0.741 bits per heavy atom. The van der Waals surface area contributed by atoms with E-state index in [1.807, 2.05) is 14.9 Å². The van der Waals surface area contributed by atoms with E-state index in [-0.39, 0.29) is 67.9 Å². The highest BCUT2D eigenvalue weighted by molar-refractivity contribution is 8.13. The van der Waals surface area contributed by atoms with Crippen LogP contribution in [0.1, 0.15) is 77.5 Å². The van der Waals surface area contributed by atoms with Crippen molar-refractivity contribution in [1.29, 1.82) is 0 Å². The summed E-state index contributed by atoms with van der Waals surface area (Å²) in [5.41, 5.74) is 2.33. The van der Waals surface area contributed by atoms with E-state index in [0.29, 0.717) is 23.2 Å². The summed E-state index contributed by atoms with van der Waals surface area (Å²) in [6.45, 7) is 0. The van der Waals surface area contributed by atoms with Crippen molar-refractivity contribution < 1.29 is 89.4 Å². The number of benzene rings is 6. The predicted molar refractivity (Wildman–Crippen MR) is 295 cm³/mol. The third kappa shape index (κ3) is 22.2. The van der Waals surface area contributed by atoms with Crippen LogP contribution in [0.4, 0.5) is 56.6 Å². The van der Waals surface area contributed by atoms with E-state index < -0.39 is 117 Å². The molecular weight excluding hydrogens is 1310 g/mol. The monoisotopic (exact) mass is 1350 g/mol. The molecule has 0 unspecified atom stereocenters. The summed E-state index contributed by atoms with van der Waals surface area (Å²) >= 11 is 33.2. The molecule has 0 aliphatic heterocycles. The zero-order valence-corrected chi connectivity index (χ0v) is 44.6.